The van der Waals surface area contributed by atoms with Crippen molar-refractivity contribution in [1.82, 2.24) is 0 Å². The molecular weight excluding hydrogens is 342 g/mol. The number of rotatable bonds is 8. The van der Waals surface area contributed by atoms with Crippen LogP contribution in [-0.2, 0) is 4.74 Å². The highest BCUT2D eigenvalue weighted by atomic mass is 16.5. The molecular formula is C26H41NO. The van der Waals surface area contributed by atoms with Crippen molar-refractivity contribution in [3.05, 3.63) is 35.4 Å². The minimum Gasteiger partial charge on any atom is -0.475 e. The fourth-order valence-electron chi connectivity index (χ4n) is 4.69. The van der Waals surface area contributed by atoms with E-state index in [1.165, 1.54) is 69.8 Å². The van der Waals surface area contributed by atoms with Crippen LogP contribution in [0.2, 0.25) is 0 Å². The van der Waals surface area contributed by atoms with E-state index in [-0.39, 0.29) is 11.5 Å². The summed E-state index contributed by atoms with van der Waals surface area (Å²) >= 11 is 0. The van der Waals surface area contributed by atoms with Crippen LogP contribution in [0.3, 0.4) is 0 Å². The normalized spacial score (nSPS) is 25.4. The van der Waals surface area contributed by atoms with Gasteiger partial charge in [-0.2, -0.15) is 0 Å². The molecule has 0 spiro atoms. The third-order valence-electron chi connectivity index (χ3n) is 6.84. The molecule has 28 heavy (non-hydrogen) atoms. The summed E-state index contributed by atoms with van der Waals surface area (Å²) in [4.78, 5) is 4.82. The van der Waals surface area contributed by atoms with E-state index < -0.39 is 0 Å². The lowest BCUT2D eigenvalue weighted by atomic mass is 9.77. The summed E-state index contributed by atoms with van der Waals surface area (Å²) in [5.41, 5.74) is 2.81. The maximum Gasteiger partial charge on any atom is 0.216 e. The summed E-state index contributed by atoms with van der Waals surface area (Å²) in [7, 11) is 0. The molecule has 0 amide bonds. The summed E-state index contributed by atoms with van der Waals surface area (Å²) in [6, 6.07) is 9.35. The number of nitrogens with zero attached hydrogens (tertiary/aromatic N) is 1. The van der Waals surface area contributed by atoms with Crippen molar-refractivity contribution in [1.29, 1.82) is 0 Å². The zero-order valence-corrected chi connectivity index (χ0v) is 18.7. The summed E-state index contributed by atoms with van der Waals surface area (Å²) in [5.74, 6) is 2.56. The van der Waals surface area contributed by atoms with Gasteiger partial charge in [-0.25, -0.2) is 4.99 Å². The number of hydrogen-bond acceptors (Lipinski definition) is 2. The molecule has 1 saturated carbocycles. The molecule has 2 heteroatoms. The Balaban J connectivity index is 1.46. The molecule has 3 rings (SSSR count). The molecule has 1 aromatic rings. The molecule has 2 aliphatic rings. The number of benzene rings is 1. The second-order valence-electron chi connectivity index (χ2n) is 10.2. The lowest BCUT2D eigenvalue weighted by Crippen LogP contribution is -2.25. The standard InChI is InChI=1S/C26H41NO/c1-5-6-7-8-9-10-20-11-13-21(14-12-20)22-15-17-23(18-16-22)25-27-24(19-28-25)26(2,3)4/h15-18,20-21,24H,5-14,19H2,1-4H3/t20-,21-,24-/m1/s1. The molecule has 1 atom stereocenters. The van der Waals surface area contributed by atoms with Gasteiger partial charge in [0.25, 0.3) is 0 Å². The van der Waals surface area contributed by atoms with Crippen molar-refractivity contribution >= 4 is 5.90 Å². The van der Waals surface area contributed by atoms with E-state index in [2.05, 4.69) is 52.0 Å². The summed E-state index contributed by atoms with van der Waals surface area (Å²) in [6.07, 6.45) is 14.1. The maximum absolute atomic E-state index is 5.89. The van der Waals surface area contributed by atoms with Gasteiger partial charge in [0, 0.05) is 5.56 Å². The van der Waals surface area contributed by atoms with Gasteiger partial charge in [0.1, 0.15) is 6.61 Å². The predicted octanol–water partition coefficient (Wildman–Crippen LogP) is 7.51. The third kappa shape index (κ3) is 5.84. The summed E-state index contributed by atoms with van der Waals surface area (Å²) in [5, 5.41) is 0. The second-order valence-corrected chi connectivity index (χ2v) is 10.2. The Bertz CT molecular complexity index is 617. The van der Waals surface area contributed by atoms with E-state index in [4.69, 9.17) is 9.73 Å². The van der Waals surface area contributed by atoms with Crippen molar-refractivity contribution in [2.24, 2.45) is 16.3 Å². The summed E-state index contributed by atoms with van der Waals surface area (Å²) < 4.78 is 5.89. The Hall–Kier alpha value is -1.31. The Morgan fingerprint density at radius 2 is 1.61 bits per heavy atom. The third-order valence-corrected chi connectivity index (χ3v) is 6.84. The number of unbranched alkanes of at least 4 members (excludes halogenated alkanes) is 4. The Labute approximate surface area is 173 Å². The smallest absolute Gasteiger partial charge is 0.216 e. The van der Waals surface area contributed by atoms with Crippen molar-refractivity contribution < 1.29 is 4.74 Å². The highest BCUT2D eigenvalue weighted by Gasteiger charge is 2.30. The molecule has 156 valence electrons. The van der Waals surface area contributed by atoms with Gasteiger partial charge in [-0.1, -0.05) is 78.4 Å². The van der Waals surface area contributed by atoms with Gasteiger partial charge in [-0.15, -0.1) is 0 Å². The molecule has 2 nitrogen and oxygen atoms in total. The second kappa shape index (κ2) is 9.94. The van der Waals surface area contributed by atoms with Crippen LogP contribution in [0, 0.1) is 11.3 Å². The zero-order valence-electron chi connectivity index (χ0n) is 18.7. The molecule has 0 saturated heterocycles. The molecule has 1 aliphatic carbocycles. The number of hydrogen-bond donors (Lipinski definition) is 0. The van der Waals surface area contributed by atoms with Gasteiger partial charge in [0.15, 0.2) is 0 Å². The van der Waals surface area contributed by atoms with E-state index in [9.17, 15) is 0 Å². The fourth-order valence-corrected chi connectivity index (χ4v) is 4.69. The topological polar surface area (TPSA) is 21.6 Å². The van der Waals surface area contributed by atoms with Gasteiger partial charge in [-0.05, 0) is 60.6 Å². The van der Waals surface area contributed by atoms with Crippen molar-refractivity contribution in [2.75, 3.05) is 6.61 Å². The van der Waals surface area contributed by atoms with E-state index in [0.29, 0.717) is 6.61 Å². The average molecular weight is 384 g/mol. The predicted molar refractivity (Wildman–Crippen MR) is 120 cm³/mol. The largest absolute Gasteiger partial charge is 0.475 e. The quantitative estimate of drug-likeness (QED) is 0.425. The van der Waals surface area contributed by atoms with Crippen LogP contribution < -0.4 is 0 Å². The van der Waals surface area contributed by atoms with Crippen LogP contribution in [-0.4, -0.2) is 18.5 Å². The Kier molecular flexibility index (Phi) is 7.60. The molecule has 0 aromatic heterocycles. The highest BCUT2D eigenvalue weighted by molar-refractivity contribution is 5.95. The molecule has 1 aliphatic heterocycles. The minimum atomic E-state index is 0.163. The lowest BCUT2D eigenvalue weighted by molar-refractivity contribution is 0.236. The zero-order chi connectivity index (χ0) is 20.0. The van der Waals surface area contributed by atoms with E-state index in [1.807, 2.05) is 0 Å². The van der Waals surface area contributed by atoms with Crippen LogP contribution >= 0.6 is 0 Å². The molecule has 0 unspecified atom stereocenters. The van der Waals surface area contributed by atoms with Crippen LogP contribution in [0.25, 0.3) is 0 Å². The first kappa shape index (κ1) is 21.4. The number of aliphatic imine (C=N–C) groups is 1. The Morgan fingerprint density at radius 1 is 0.929 bits per heavy atom. The Morgan fingerprint density at radius 3 is 2.21 bits per heavy atom. The van der Waals surface area contributed by atoms with Gasteiger partial charge >= 0.3 is 0 Å². The van der Waals surface area contributed by atoms with Crippen molar-refractivity contribution in [2.45, 2.75) is 104 Å². The molecule has 1 aromatic carbocycles. The van der Waals surface area contributed by atoms with Gasteiger partial charge in [0.05, 0.1) is 6.04 Å². The molecule has 0 bridgehead atoms. The fraction of sp³-hybridized carbons (Fsp3) is 0.731. The average Bonchev–Trinajstić information content (AvgIpc) is 3.19. The van der Waals surface area contributed by atoms with Crippen LogP contribution in [0.1, 0.15) is 109 Å². The summed E-state index contributed by atoms with van der Waals surface area (Å²) in [6.45, 7) is 9.71. The van der Waals surface area contributed by atoms with Crippen molar-refractivity contribution in [3.8, 4) is 0 Å². The first-order chi connectivity index (χ1) is 13.5. The molecule has 0 N–H and O–H groups in total. The maximum atomic E-state index is 5.89. The van der Waals surface area contributed by atoms with Gasteiger partial charge in [-0.3, -0.25) is 0 Å². The molecule has 0 radical (unpaired) electrons. The molecule has 1 heterocycles. The lowest BCUT2D eigenvalue weighted by Gasteiger charge is -2.29. The minimum absolute atomic E-state index is 0.163. The van der Waals surface area contributed by atoms with Crippen LogP contribution in [0.15, 0.2) is 29.3 Å². The highest BCUT2D eigenvalue weighted by Crippen LogP contribution is 2.38. The van der Waals surface area contributed by atoms with E-state index in [1.54, 1.807) is 0 Å². The first-order valence-electron chi connectivity index (χ1n) is 11.8. The first-order valence-corrected chi connectivity index (χ1v) is 11.8. The van der Waals surface area contributed by atoms with Crippen LogP contribution in [0.4, 0.5) is 0 Å². The van der Waals surface area contributed by atoms with Gasteiger partial charge < -0.3 is 4.74 Å². The van der Waals surface area contributed by atoms with Crippen LogP contribution in [0.5, 0.6) is 0 Å². The van der Waals surface area contributed by atoms with Gasteiger partial charge in [0.2, 0.25) is 5.90 Å². The van der Waals surface area contributed by atoms with Crippen molar-refractivity contribution in [3.63, 3.8) is 0 Å². The number of ether oxygens (including phenoxy) is 1. The van der Waals surface area contributed by atoms with E-state index >= 15 is 0 Å². The molecule has 1 fully saturated rings. The van der Waals surface area contributed by atoms with E-state index in [0.717, 1.165) is 23.3 Å². The SMILES string of the molecule is CCCCCCC[C@H]1CC[C@H](c2ccc(C3=N[C@@H](C(C)(C)C)CO3)cc2)CC1. The monoisotopic (exact) mass is 383 g/mol.